The van der Waals surface area contributed by atoms with Crippen LogP contribution in [-0.4, -0.2) is 56.0 Å². The van der Waals surface area contributed by atoms with Gasteiger partial charge in [0.1, 0.15) is 11.3 Å². The van der Waals surface area contributed by atoms with Crippen molar-refractivity contribution in [3.63, 3.8) is 0 Å². The third-order valence-corrected chi connectivity index (χ3v) is 6.39. The standard InChI is InChI=1S/C23H19ClFN7O2/c1-30(2)18-10-32-17(8-14(18)24)13(9-28-32)23(33)31-6-5-15-20(27-11-26-15)21(31)22-29-16-7-12(25)3-4-19(16)34-22/h3-4,7-11,21H,5-6H2,1-2H3,(H,26,27)/t21-/m0/s1. The summed E-state index contributed by atoms with van der Waals surface area (Å²) in [6.07, 6.45) is 5.50. The number of aromatic amines is 1. The number of nitrogens with one attached hydrogen (secondary N) is 1. The molecule has 1 aliphatic rings. The average Bonchev–Trinajstić information content (AvgIpc) is 3.54. The van der Waals surface area contributed by atoms with E-state index in [9.17, 15) is 9.18 Å². The molecule has 0 unspecified atom stereocenters. The monoisotopic (exact) mass is 479 g/mol. The fourth-order valence-electron chi connectivity index (χ4n) is 4.42. The number of nitrogens with zero attached hydrogens (tertiary/aromatic N) is 6. The third kappa shape index (κ3) is 3.13. The van der Waals surface area contributed by atoms with E-state index in [0.29, 0.717) is 45.9 Å². The van der Waals surface area contributed by atoms with Crippen molar-refractivity contribution < 1.29 is 13.6 Å². The molecule has 9 nitrogen and oxygen atoms in total. The van der Waals surface area contributed by atoms with Crippen LogP contribution in [0.25, 0.3) is 16.6 Å². The summed E-state index contributed by atoms with van der Waals surface area (Å²) in [5, 5.41) is 4.89. The molecule has 0 radical (unpaired) electrons. The second kappa shape index (κ2) is 7.56. The van der Waals surface area contributed by atoms with Crippen LogP contribution in [0.2, 0.25) is 5.02 Å². The molecule has 6 rings (SSSR count). The van der Waals surface area contributed by atoms with Crippen molar-refractivity contribution >= 4 is 39.8 Å². The van der Waals surface area contributed by atoms with Gasteiger partial charge in [-0.25, -0.2) is 18.9 Å². The Morgan fingerprint density at radius 2 is 2.18 bits per heavy atom. The van der Waals surface area contributed by atoms with E-state index in [1.54, 1.807) is 28.0 Å². The Kier molecular flexibility index (Phi) is 4.59. The quantitative estimate of drug-likeness (QED) is 0.422. The van der Waals surface area contributed by atoms with Gasteiger partial charge >= 0.3 is 0 Å². The molecule has 11 heteroatoms. The predicted molar refractivity (Wildman–Crippen MR) is 124 cm³/mol. The largest absolute Gasteiger partial charge is 0.438 e. The van der Waals surface area contributed by atoms with E-state index in [2.05, 4.69) is 20.1 Å². The molecule has 1 aromatic carbocycles. The zero-order chi connectivity index (χ0) is 23.6. The summed E-state index contributed by atoms with van der Waals surface area (Å²) in [5.74, 6) is -0.396. The second-order valence-corrected chi connectivity index (χ2v) is 8.78. The molecule has 0 bridgehead atoms. The molecule has 0 spiro atoms. The van der Waals surface area contributed by atoms with Crippen molar-refractivity contribution in [1.29, 1.82) is 0 Å². The first-order valence-electron chi connectivity index (χ1n) is 10.6. The Morgan fingerprint density at radius 1 is 1.32 bits per heavy atom. The fraction of sp³-hybridized carbons (Fsp3) is 0.217. The predicted octanol–water partition coefficient (Wildman–Crippen LogP) is 3.85. The molecule has 34 heavy (non-hydrogen) atoms. The third-order valence-electron chi connectivity index (χ3n) is 6.08. The number of benzene rings is 1. The molecular weight excluding hydrogens is 461 g/mol. The minimum atomic E-state index is -0.676. The first-order chi connectivity index (χ1) is 16.4. The van der Waals surface area contributed by atoms with Gasteiger partial charge in [-0.1, -0.05) is 11.6 Å². The first-order valence-corrected chi connectivity index (χ1v) is 11.0. The highest BCUT2D eigenvalue weighted by atomic mass is 35.5. The van der Waals surface area contributed by atoms with E-state index in [4.69, 9.17) is 16.0 Å². The van der Waals surface area contributed by atoms with Crippen LogP contribution in [0.15, 0.2) is 47.4 Å². The topological polar surface area (TPSA) is 95.6 Å². The first kappa shape index (κ1) is 20.7. The van der Waals surface area contributed by atoms with E-state index < -0.39 is 11.9 Å². The Hall–Kier alpha value is -3.92. The lowest BCUT2D eigenvalue weighted by atomic mass is 10.0. The summed E-state index contributed by atoms with van der Waals surface area (Å²) in [5.41, 5.74) is 4.14. The van der Waals surface area contributed by atoms with Crippen LogP contribution in [0.3, 0.4) is 0 Å². The Balaban J connectivity index is 1.46. The average molecular weight is 480 g/mol. The van der Waals surface area contributed by atoms with Crippen molar-refractivity contribution in [2.24, 2.45) is 0 Å². The number of H-pyrrole nitrogens is 1. The van der Waals surface area contributed by atoms with Crippen LogP contribution in [-0.2, 0) is 6.42 Å². The molecule has 0 saturated heterocycles. The fourth-order valence-corrected chi connectivity index (χ4v) is 4.74. The van der Waals surface area contributed by atoms with Gasteiger partial charge < -0.3 is 19.2 Å². The van der Waals surface area contributed by atoms with Crippen LogP contribution >= 0.6 is 11.6 Å². The number of anilines is 1. The van der Waals surface area contributed by atoms with Gasteiger partial charge in [-0.3, -0.25) is 4.79 Å². The lowest BCUT2D eigenvalue weighted by Gasteiger charge is -2.32. The Morgan fingerprint density at radius 3 is 3.00 bits per heavy atom. The molecule has 1 amide bonds. The number of hydrogen-bond donors (Lipinski definition) is 1. The Labute approximate surface area is 197 Å². The van der Waals surface area contributed by atoms with Gasteiger partial charge in [0.2, 0.25) is 5.89 Å². The maximum atomic E-state index is 13.8. The minimum absolute atomic E-state index is 0.254. The molecule has 4 aromatic heterocycles. The van der Waals surface area contributed by atoms with Gasteiger partial charge in [-0.15, -0.1) is 0 Å². The number of carbonyl (C=O) groups excluding carboxylic acids is 1. The van der Waals surface area contributed by atoms with Gasteiger partial charge in [0, 0.05) is 38.8 Å². The van der Waals surface area contributed by atoms with Crippen LogP contribution in [0, 0.1) is 5.82 Å². The van der Waals surface area contributed by atoms with Gasteiger partial charge in [0.05, 0.1) is 46.2 Å². The van der Waals surface area contributed by atoms with Crippen molar-refractivity contribution in [3.8, 4) is 0 Å². The molecule has 0 aliphatic carbocycles. The summed E-state index contributed by atoms with van der Waals surface area (Å²) in [7, 11) is 3.77. The SMILES string of the molecule is CN(C)c1cn2ncc(C(=O)N3CCc4[nH]cnc4[C@H]3c3nc4cc(F)ccc4o3)c2cc1Cl. The van der Waals surface area contributed by atoms with Crippen molar-refractivity contribution in [2.45, 2.75) is 12.5 Å². The summed E-state index contributed by atoms with van der Waals surface area (Å²) in [4.78, 5) is 29.5. The maximum Gasteiger partial charge on any atom is 0.258 e. The molecule has 5 heterocycles. The molecule has 0 saturated carbocycles. The van der Waals surface area contributed by atoms with E-state index in [0.717, 1.165) is 11.4 Å². The number of pyridine rings is 1. The summed E-state index contributed by atoms with van der Waals surface area (Å²) in [6, 6.07) is 5.20. The van der Waals surface area contributed by atoms with Crippen molar-refractivity contribution in [1.82, 2.24) is 29.5 Å². The molecule has 172 valence electrons. The number of rotatable bonds is 3. The van der Waals surface area contributed by atoms with Gasteiger partial charge in [-0.2, -0.15) is 5.10 Å². The van der Waals surface area contributed by atoms with Gasteiger partial charge in [0.25, 0.3) is 5.91 Å². The number of oxazole rings is 1. The van der Waals surface area contributed by atoms with Crippen LogP contribution in [0.4, 0.5) is 10.1 Å². The van der Waals surface area contributed by atoms with E-state index in [1.165, 1.54) is 24.4 Å². The number of carbonyl (C=O) groups is 1. The zero-order valence-corrected chi connectivity index (χ0v) is 19.0. The van der Waals surface area contributed by atoms with Crippen molar-refractivity contribution in [2.75, 3.05) is 25.5 Å². The van der Waals surface area contributed by atoms with Gasteiger partial charge in [-0.05, 0) is 18.2 Å². The number of fused-ring (bicyclic) bond motifs is 3. The molecule has 1 N–H and O–H groups in total. The molecule has 1 aliphatic heterocycles. The van der Waals surface area contributed by atoms with Crippen LogP contribution < -0.4 is 4.90 Å². The zero-order valence-electron chi connectivity index (χ0n) is 18.3. The van der Waals surface area contributed by atoms with Gasteiger partial charge in [0.15, 0.2) is 11.6 Å². The van der Waals surface area contributed by atoms with E-state index in [1.807, 2.05) is 19.0 Å². The molecule has 1 atom stereocenters. The van der Waals surface area contributed by atoms with Crippen LogP contribution in [0.5, 0.6) is 0 Å². The summed E-state index contributed by atoms with van der Waals surface area (Å²) in [6.45, 7) is 0.409. The molecule has 5 aromatic rings. The van der Waals surface area contributed by atoms with Crippen molar-refractivity contribution in [3.05, 3.63) is 76.7 Å². The number of halogens is 2. The molecule has 0 fully saturated rings. The lowest BCUT2D eigenvalue weighted by molar-refractivity contribution is 0.0669. The normalized spacial score (nSPS) is 15.8. The number of aromatic nitrogens is 5. The second-order valence-electron chi connectivity index (χ2n) is 8.37. The van der Waals surface area contributed by atoms with E-state index >= 15 is 0 Å². The smallest absolute Gasteiger partial charge is 0.258 e. The number of amides is 1. The Bertz CT molecular complexity index is 1570. The maximum absolute atomic E-state index is 13.8. The highest BCUT2D eigenvalue weighted by molar-refractivity contribution is 6.33. The number of hydrogen-bond acceptors (Lipinski definition) is 6. The minimum Gasteiger partial charge on any atom is -0.438 e. The van der Waals surface area contributed by atoms with Crippen LogP contribution in [0.1, 0.15) is 33.7 Å². The van der Waals surface area contributed by atoms with E-state index in [-0.39, 0.29) is 11.8 Å². The summed E-state index contributed by atoms with van der Waals surface area (Å²) >= 11 is 6.47. The lowest BCUT2D eigenvalue weighted by Crippen LogP contribution is -2.41. The molecular formula is C23H19ClFN7O2. The highest BCUT2D eigenvalue weighted by Crippen LogP contribution is 2.36. The highest BCUT2D eigenvalue weighted by Gasteiger charge is 2.38. The summed E-state index contributed by atoms with van der Waals surface area (Å²) < 4.78 is 21.3. The number of imidazole rings is 1.